The average molecular weight is 478 g/mol. The van der Waals surface area contributed by atoms with Crippen molar-refractivity contribution in [3.8, 4) is 11.8 Å². The normalized spacial score (nSPS) is 14.9. The van der Waals surface area contributed by atoms with Crippen LogP contribution in [0.15, 0.2) is 102 Å². The van der Waals surface area contributed by atoms with Gasteiger partial charge in [-0.15, -0.1) is 0 Å². The smallest absolute Gasteiger partial charge is 0.338 e. The van der Waals surface area contributed by atoms with Gasteiger partial charge in [0.05, 0.1) is 29.9 Å². The van der Waals surface area contributed by atoms with Crippen LogP contribution in [0.4, 0.5) is 0 Å². The Bertz CT molecular complexity index is 1380. The van der Waals surface area contributed by atoms with Gasteiger partial charge in [-0.3, -0.25) is 0 Å². The van der Waals surface area contributed by atoms with E-state index < -0.39 is 17.9 Å². The topological polar surface area (TPSA) is 64.6 Å². The van der Waals surface area contributed by atoms with Gasteiger partial charge in [-0.25, -0.2) is 9.59 Å². The van der Waals surface area contributed by atoms with Gasteiger partial charge in [0.2, 0.25) is 0 Å². The van der Waals surface area contributed by atoms with Crippen molar-refractivity contribution in [3.05, 3.63) is 124 Å². The first-order valence-electron chi connectivity index (χ1n) is 11.6. The van der Waals surface area contributed by atoms with Gasteiger partial charge in [-0.2, -0.15) is 0 Å². The minimum absolute atomic E-state index is 0.0970. The largest absolute Gasteiger partial charge is 0.466 e. The number of aryl methyl sites for hydroxylation is 1. The van der Waals surface area contributed by atoms with Crippen molar-refractivity contribution < 1.29 is 19.1 Å². The van der Waals surface area contributed by atoms with Crippen molar-refractivity contribution in [2.45, 2.75) is 20.5 Å². The Kier molecular flexibility index (Phi) is 7.67. The molecule has 36 heavy (non-hydrogen) atoms. The maximum Gasteiger partial charge on any atom is 0.338 e. The van der Waals surface area contributed by atoms with Gasteiger partial charge in [0.25, 0.3) is 0 Å². The predicted molar refractivity (Wildman–Crippen MR) is 139 cm³/mol. The molecule has 1 heterocycles. The van der Waals surface area contributed by atoms with Crippen molar-refractivity contribution >= 4 is 17.6 Å². The lowest BCUT2D eigenvalue weighted by atomic mass is 9.84. The summed E-state index contributed by atoms with van der Waals surface area (Å²) < 4.78 is 10.8. The Morgan fingerprint density at radius 3 is 2.11 bits per heavy atom. The van der Waals surface area contributed by atoms with E-state index in [4.69, 9.17) is 9.47 Å². The van der Waals surface area contributed by atoms with Crippen LogP contribution in [0.3, 0.4) is 0 Å². The molecule has 0 bridgehead atoms. The molecule has 180 valence electrons. The molecule has 0 fully saturated rings. The summed E-state index contributed by atoms with van der Waals surface area (Å²) in [7, 11) is 1.32. The Hall–Kier alpha value is -4.56. The number of benzene rings is 3. The molecular formula is C31H27NO4. The average Bonchev–Trinajstić information content (AvgIpc) is 2.91. The van der Waals surface area contributed by atoms with Gasteiger partial charge >= 0.3 is 11.9 Å². The second-order valence-electron chi connectivity index (χ2n) is 8.44. The first-order valence-corrected chi connectivity index (χ1v) is 11.6. The van der Waals surface area contributed by atoms with Gasteiger partial charge in [0, 0.05) is 11.3 Å². The van der Waals surface area contributed by atoms with E-state index in [0.717, 1.165) is 22.3 Å². The van der Waals surface area contributed by atoms with E-state index in [1.54, 1.807) is 6.92 Å². The number of hydrogen-bond acceptors (Lipinski definition) is 5. The summed E-state index contributed by atoms with van der Waals surface area (Å²) in [6.45, 7) is 3.88. The molecular weight excluding hydrogens is 450 g/mol. The highest BCUT2D eigenvalue weighted by Gasteiger charge is 2.37. The fourth-order valence-corrected chi connectivity index (χ4v) is 3.99. The first kappa shape index (κ1) is 24.6. The number of allylic oxidation sites excluding steroid dienone is 1. The number of ether oxygens (including phenoxy) is 2. The number of dihydropyridines is 1. The molecule has 0 radical (unpaired) electrons. The van der Waals surface area contributed by atoms with Crippen molar-refractivity contribution in [1.82, 2.24) is 5.32 Å². The number of esters is 2. The summed E-state index contributed by atoms with van der Waals surface area (Å²) in [5.41, 5.74) is 5.22. The summed E-state index contributed by atoms with van der Waals surface area (Å²) in [6, 6.07) is 26.7. The third-order valence-electron chi connectivity index (χ3n) is 5.88. The van der Waals surface area contributed by atoms with Crippen LogP contribution in [0.5, 0.6) is 0 Å². The molecule has 3 aromatic carbocycles. The predicted octanol–water partition coefficient (Wildman–Crippen LogP) is 5.17. The molecule has 3 aromatic rings. The summed E-state index contributed by atoms with van der Waals surface area (Å²) in [5, 5.41) is 3.25. The van der Waals surface area contributed by atoms with E-state index in [1.807, 2.05) is 91.9 Å². The fraction of sp³-hybridized carbons (Fsp3) is 0.161. The number of carbonyl (C=O) groups is 2. The number of carbonyl (C=O) groups excluding carboxylic acids is 2. The second kappa shape index (κ2) is 11.2. The zero-order chi connectivity index (χ0) is 25.5. The molecule has 4 rings (SSSR count). The van der Waals surface area contributed by atoms with Crippen LogP contribution in [-0.4, -0.2) is 19.0 Å². The molecule has 0 spiro atoms. The molecule has 0 saturated heterocycles. The van der Waals surface area contributed by atoms with Crippen LogP contribution >= 0.6 is 0 Å². The van der Waals surface area contributed by atoms with Crippen molar-refractivity contribution in [1.29, 1.82) is 0 Å². The lowest BCUT2D eigenvalue weighted by Crippen LogP contribution is -2.33. The quantitative estimate of drug-likeness (QED) is 0.406. The minimum Gasteiger partial charge on any atom is -0.466 e. The molecule has 1 unspecified atom stereocenters. The van der Waals surface area contributed by atoms with Gasteiger partial charge in [-0.1, -0.05) is 90.2 Å². The zero-order valence-electron chi connectivity index (χ0n) is 20.5. The first-order chi connectivity index (χ1) is 17.5. The molecule has 0 aliphatic carbocycles. The maximum absolute atomic E-state index is 13.6. The molecule has 5 heteroatoms. The van der Waals surface area contributed by atoms with Crippen molar-refractivity contribution in [3.63, 3.8) is 0 Å². The number of hydrogen-bond donors (Lipinski definition) is 1. The van der Waals surface area contributed by atoms with Crippen LogP contribution in [0.25, 0.3) is 5.70 Å². The van der Waals surface area contributed by atoms with Crippen molar-refractivity contribution in [2.75, 3.05) is 7.11 Å². The number of methoxy groups -OCH3 is 1. The van der Waals surface area contributed by atoms with Crippen LogP contribution in [0.2, 0.25) is 0 Å². The van der Waals surface area contributed by atoms with E-state index in [0.29, 0.717) is 11.4 Å². The van der Waals surface area contributed by atoms with E-state index in [2.05, 4.69) is 17.2 Å². The third kappa shape index (κ3) is 5.56. The van der Waals surface area contributed by atoms with Crippen LogP contribution in [0, 0.1) is 24.7 Å². The monoisotopic (exact) mass is 477 g/mol. The van der Waals surface area contributed by atoms with Gasteiger partial charge in [-0.05, 0) is 37.1 Å². The molecule has 0 amide bonds. The van der Waals surface area contributed by atoms with Crippen LogP contribution in [0.1, 0.15) is 29.2 Å². The number of nitrogens with one attached hydrogen (secondary N) is 1. The van der Waals surface area contributed by atoms with Crippen LogP contribution < -0.4 is 5.32 Å². The Balaban J connectivity index is 1.81. The molecule has 0 aromatic heterocycles. The van der Waals surface area contributed by atoms with Crippen LogP contribution in [-0.2, 0) is 25.7 Å². The molecule has 1 aliphatic heterocycles. The van der Waals surface area contributed by atoms with Gasteiger partial charge in [0.15, 0.2) is 0 Å². The van der Waals surface area contributed by atoms with E-state index in [9.17, 15) is 9.59 Å². The Morgan fingerprint density at radius 1 is 0.833 bits per heavy atom. The lowest BCUT2D eigenvalue weighted by molar-refractivity contribution is -0.140. The minimum atomic E-state index is -0.848. The summed E-state index contributed by atoms with van der Waals surface area (Å²) in [4.78, 5) is 26.5. The summed E-state index contributed by atoms with van der Waals surface area (Å²) in [6.07, 6.45) is 0. The third-order valence-corrected chi connectivity index (χ3v) is 5.88. The van der Waals surface area contributed by atoms with E-state index in [-0.39, 0.29) is 17.8 Å². The molecule has 5 nitrogen and oxygen atoms in total. The Labute approximate surface area is 211 Å². The zero-order valence-corrected chi connectivity index (χ0v) is 20.5. The Morgan fingerprint density at radius 2 is 1.47 bits per heavy atom. The SMILES string of the molecule is COC(=O)C1=C(C)NC(c2ccccc2)=C(C(=O)OCc2ccc(C)cc2)C1C#Cc1ccccc1. The standard InChI is InChI=1S/C31H27NO4/c1-21-14-16-24(17-15-21)20-36-31(34)28-26(19-18-23-10-6-4-7-11-23)27(30(33)35-3)22(2)32-29(28)25-12-8-5-9-13-25/h4-17,26,32H,20H2,1-3H3. The molecule has 1 N–H and O–H groups in total. The van der Waals surface area contributed by atoms with E-state index >= 15 is 0 Å². The van der Waals surface area contributed by atoms with E-state index in [1.165, 1.54) is 7.11 Å². The highest BCUT2D eigenvalue weighted by molar-refractivity contribution is 6.04. The molecule has 0 saturated carbocycles. The highest BCUT2D eigenvalue weighted by Crippen LogP contribution is 2.35. The highest BCUT2D eigenvalue weighted by atomic mass is 16.5. The summed E-state index contributed by atoms with van der Waals surface area (Å²) in [5.74, 6) is 4.33. The van der Waals surface area contributed by atoms with Crippen molar-refractivity contribution in [2.24, 2.45) is 5.92 Å². The second-order valence-corrected chi connectivity index (χ2v) is 8.44. The molecule has 1 aliphatic rings. The van der Waals surface area contributed by atoms with Gasteiger partial charge in [0.1, 0.15) is 6.61 Å². The lowest BCUT2D eigenvalue weighted by Gasteiger charge is -2.28. The fourth-order valence-electron chi connectivity index (χ4n) is 3.99. The van der Waals surface area contributed by atoms with Gasteiger partial charge < -0.3 is 14.8 Å². The summed E-state index contributed by atoms with van der Waals surface area (Å²) >= 11 is 0. The number of rotatable bonds is 5. The maximum atomic E-state index is 13.6. The molecule has 1 atom stereocenters.